The van der Waals surface area contributed by atoms with Crippen LogP contribution in [0.15, 0.2) is 24.3 Å². The Morgan fingerprint density at radius 2 is 2.17 bits per heavy atom. The van der Waals surface area contributed by atoms with Gasteiger partial charge in [-0.25, -0.2) is 0 Å². The van der Waals surface area contributed by atoms with E-state index in [4.69, 9.17) is 9.47 Å². The molecule has 1 amide bonds. The molecule has 1 saturated heterocycles. The monoisotopic (exact) mass is 329 g/mol. The lowest BCUT2D eigenvalue weighted by molar-refractivity contribution is -0.149. The highest BCUT2D eigenvalue weighted by molar-refractivity contribution is 5.84. The Balaban J connectivity index is 1.62. The molecule has 4 nitrogen and oxygen atoms in total. The molecule has 2 bridgehead atoms. The van der Waals surface area contributed by atoms with E-state index < -0.39 is 0 Å². The molecule has 1 heterocycles. The van der Waals surface area contributed by atoms with Gasteiger partial charge in [-0.3, -0.25) is 4.79 Å². The number of hydrogen-bond donors (Lipinski definition) is 0. The number of benzene rings is 1. The summed E-state index contributed by atoms with van der Waals surface area (Å²) in [5.41, 5.74) is 1.02. The largest absolute Gasteiger partial charge is 0.497 e. The summed E-state index contributed by atoms with van der Waals surface area (Å²) in [5, 5.41) is 0. The summed E-state index contributed by atoms with van der Waals surface area (Å²) in [7, 11) is 1.70. The highest BCUT2D eigenvalue weighted by Gasteiger charge is 2.56. The van der Waals surface area contributed by atoms with Crippen LogP contribution in [0.1, 0.15) is 31.2 Å². The van der Waals surface area contributed by atoms with E-state index in [9.17, 15) is 4.79 Å². The fourth-order valence-electron chi connectivity index (χ4n) is 5.23. The van der Waals surface area contributed by atoms with Gasteiger partial charge in [-0.05, 0) is 55.2 Å². The smallest absolute Gasteiger partial charge is 0.229 e. The van der Waals surface area contributed by atoms with Gasteiger partial charge in [0.25, 0.3) is 0 Å². The molecular weight excluding hydrogens is 302 g/mol. The zero-order valence-corrected chi connectivity index (χ0v) is 14.5. The van der Waals surface area contributed by atoms with Crippen LogP contribution in [0.4, 0.5) is 0 Å². The van der Waals surface area contributed by atoms with Gasteiger partial charge < -0.3 is 14.4 Å². The van der Waals surface area contributed by atoms with Crippen LogP contribution in [0, 0.1) is 17.3 Å². The van der Waals surface area contributed by atoms with E-state index in [0.717, 1.165) is 37.6 Å². The Bertz CT molecular complexity index is 611. The molecule has 0 aromatic heterocycles. The Morgan fingerprint density at radius 1 is 1.33 bits per heavy atom. The van der Waals surface area contributed by atoms with E-state index in [1.165, 1.54) is 24.8 Å². The zero-order valence-electron chi connectivity index (χ0n) is 14.5. The summed E-state index contributed by atoms with van der Waals surface area (Å²) in [5.74, 6) is 2.54. The van der Waals surface area contributed by atoms with Gasteiger partial charge >= 0.3 is 0 Å². The average molecular weight is 329 g/mol. The number of hydrogen-bond acceptors (Lipinski definition) is 3. The number of carbonyl (C=O) groups is 1. The Morgan fingerprint density at radius 3 is 2.83 bits per heavy atom. The van der Waals surface area contributed by atoms with Crippen LogP contribution in [0.2, 0.25) is 0 Å². The maximum Gasteiger partial charge on any atom is 0.229 e. The minimum absolute atomic E-state index is 0.202. The fourth-order valence-corrected chi connectivity index (χ4v) is 5.23. The SMILES string of the molecule is COc1cccc(C[C@]2(C(=O)N3CCOCC3)C[C@H]3CC[C@H]2C3)c1. The van der Waals surface area contributed by atoms with Crippen LogP contribution < -0.4 is 4.74 Å². The molecule has 1 aromatic carbocycles. The number of methoxy groups -OCH3 is 1. The number of nitrogens with zero attached hydrogens (tertiary/aromatic N) is 1. The quantitative estimate of drug-likeness (QED) is 0.852. The van der Waals surface area contributed by atoms with Gasteiger partial charge in [0.1, 0.15) is 5.75 Å². The number of ether oxygens (including phenoxy) is 2. The van der Waals surface area contributed by atoms with Crippen LogP contribution in [0.5, 0.6) is 5.75 Å². The van der Waals surface area contributed by atoms with Crippen LogP contribution in [-0.4, -0.2) is 44.2 Å². The van der Waals surface area contributed by atoms with E-state index in [0.29, 0.717) is 25.0 Å². The minimum Gasteiger partial charge on any atom is -0.497 e. The second kappa shape index (κ2) is 6.40. The van der Waals surface area contributed by atoms with Crippen molar-refractivity contribution in [2.75, 3.05) is 33.4 Å². The standard InChI is InChI=1S/C20H27NO3/c1-23-18-4-2-3-15(12-18)13-20(14-16-5-6-17(20)11-16)19(22)21-7-9-24-10-8-21/h2-4,12,16-17H,5-11,13-14H2,1H3/t16-,17-,20-/m0/s1. The lowest BCUT2D eigenvalue weighted by atomic mass is 9.68. The summed E-state index contributed by atoms with van der Waals surface area (Å²) in [6.45, 7) is 2.84. The van der Waals surface area contributed by atoms with E-state index in [1.807, 2.05) is 12.1 Å². The number of carbonyl (C=O) groups excluding carboxylic acids is 1. The van der Waals surface area contributed by atoms with Gasteiger partial charge in [0.15, 0.2) is 0 Å². The maximum absolute atomic E-state index is 13.5. The Labute approximate surface area is 144 Å². The van der Waals surface area contributed by atoms with Crippen molar-refractivity contribution < 1.29 is 14.3 Å². The van der Waals surface area contributed by atoms with Crippen LogP contribution in [-0.2, 0) is 16.0 Å². The lowest BCUT2D eigenvalue weighted by Crippen LogP contribution is -2.51. The molecule has 1 aromatic rings. The third kappa shape index (κ3) is 2.71. The third-order valence-electron chi connectivity index (χ3n) is 6.35. The van der Waals surface area contributed by atoms with E-state index in [2.05, 4.69) is 17.0 Å². The van der Waals surface area contributed by atoms with Crippen LogP contribution >= 0.6 is 0 Å². The lowest BCUT2D eigenvalue weighted by Gasteiger charge is -2.41. The van der Waals surface area contributed by atoms with Gasteiger partial charge in [-0.1, -0.05) is 18.6 Å². The van der Waals surface area contributed by atoms with Gasteiger partial charge in [0, 0.05) is 13.1 Å². The molecule has 2 saturated carbocycles. The molecule has 0 radical (unpaired) electrons. The molecular formula is C20H27NO3. The number of fused-ring (bicyclic) bond motifs is 2. The second-order valence-corrected chi connectivity index (χ2v) is 7.67. The Hall–Kier alpha value is -1.55. The Kier molecular flexibility index (Phi) is 4.25. The fraction of sp³-hybridized carbons (Fsp3) is 0.650. The van der Waals surface area contributed by atoms with E-state index in [-0.39, 0.29) is 5.41 Å². The topological polar surface area (TPSA) is 38.8 Å². The van der Waals surface area contributed by atoms with Gasteiger partial charge in [-0.15, -0.1) is 0 Å². The maximum atomic E-state index is 13.5. The zero-order chi connectivity index (χ0) is 16.6. The first-order chi connectivity index (χ1) is 11.7. The average Bonchev–Trinajstić information content (AvgIpc) is 3.23. The molecule has 4 heteroatoms. The molecule has 1 aliphatic heterocycles. The molecule has 2 aliphatic carbocycles. The summed E-state index contributed by atoms with van der Waals surface area (Å²) in [4.78, 5) is 15.6. The molecule has 0 N–H and O–H groups in total. The second-order valence-electron chi connectivity index (χ2n) is 7.67. The van der Waals surface area contributed by atoms with Crippen LogP contribution in [0.3, 0.4) is 0 Å². The predicted molar refractivity (Wildman–Crippen MR) is 92.0 cm³/mol. The summed E-state index contributed by atoms with van der Waals surface area (Å²) < 4.78 is 10.8. The summed E-state index contributed by atoms with van der Waals surface area (Å²) in [6.07, 6.45) is 5.66. The van der Waals surface area contributed by atoms with Gasteiger partial charge in [0.2, 0.25) is 5.91 Å². The molecule has 3 atom stereocenters. The first kappa shape index (κ1) is 15.9. The first-order valence-electron chi connectivity index (χ1n) is 9.21. The molecule has 24 heavy (non-hydrogen) atoms. The molecule has 0 unspecified atom stereocenters. The molecule has 3 fully saturated rings. The first-order valence-corrected chi connectivity index (χ1v) is 9.21. The number of amides is 1. The summed E-state index contributed by atoms with van der Waals surface area (Å²) in [6, 6.07) is 8.25. The van der Waals surface area contributed by atoms with Crippen molar-refractivity contribution in [2.24, 2.45) is 17.3 Å². The minimum atomic E-state index is -0.202. The van der Waals surface area contributed by atoms with E-state index in [1.54, 1.807) is 7.11 Å². The van der Waals surface area contributed by atoms with Crippen molar-refractivity contribution in [1.29, 1.82) is 0 Å². The van der Waals surface area contributed by atoms with Crippen molar-refractivity contribution >= 4 is 5.91 Å². The highest BCUT2D eigenvalue weighted by Crippen LogP contribution is 2.58. The van der Waals surface area contributed by atoms with Crippen molar-refractivity contribution in [3.63, 3.8) is 0 Å². The van der Waals surface area contributed by atoms with E-state index >= 15 is 0 Å². The normalized spacial score (nSPS) is 32.1. The molecule has 3 aliphatic rings. The van der Waals surface area contributed by atoms with Crippen molar-refractivity contribution in [3.8, 4) is 5.75 Å². The molecule has 0 spiro atoms. The van der Waals surface area contributed by atoms with Crippen molar-refractivity contribution in [1.82, 2.24) is 4.90 Å². The number of rotatable bonds is 4. The molecule has 4 rings (SSSR count). The third-order valence-corrected chi connectivity index (χ3v) is 6.35. The van der Waals surface area contributed by atoms with Crippen molar-refractivity contribution in [2.45, 2.75) is 32.1 Å². The van der Waals surface area contributed by atoms with Gasteiger partial charge in [-0.2, -0.15) is 0 Å². The predicted octanol–water partition coefficient (Wildman–Crippen LogP) is 2.90. The highest BCUT2D eigenvalue weighted by atomic mass is 16.5. The van der Waals surface area contributed by atoms with Crippen molar-refractivity contribution in [3.05, 3.63) is 29.8 Å². The van der Waals surface area contributed by atoms with Crippen LogP contribution in [0.25, 0.3) is 0 Å². The number of morpholine rings is 1. The molecule has 130 valence electrons. The summed E-state index contributed by atoms with van der Waals surface area (Å²) >= 11 is 0. The van der Waals surface area contributed by atoms with Gasteiger partial charge in [0.05, 0.1) is 25.7 Å².